The van der Waals surface area contributed by atoms with Crippen LogP contribution in [0.15, 0.2) is 54.6 Å². The zero-order valence-corrected chi connectivity index (χ0v) is 15.1. The van der Waals surface area contributed by atoms with Gasteiger partial charge >= 0.3 is 0 Å². The highest BCUT2D eigenvalue weighted by molar-refractivity contribution is 6.05. The summed E-state index contributed by atoms with van der Waals surface area (Å²) < 4.78 is 5.78. The van der Waals surface area contributed by atoms with Crippen molar-refractivity contribution >= 4 is 23.6 Å². The number of hydrogen-bond acceptors (Lipinski definition) is 4. The predicted molar refractivity (Wildman–Crippen MR) is 102 cm³/mol. The maximum absolute atomic E-state index is 12.8. The van der Waals surface area contributed by atoms with Crippen LogP contribution in [0, 0.1) is 11.3 Å². The molecule has 2 amide bonds. The molecule has 2 aromatic carbocycles. The van der Waals surface area contributed by atoms with Crippen LogP contribution < -0.4 is 9.64 Å². The van der Waals surface area contributed by atoms with E-state index >= 15 is 0 Å². The van der Waals surface area contributed by atoms with E-state index in [9.17, 15) is 9.59 Å². The van der Waals surface area contributed by atoms with E-state index in [1.54, 1.807) is 67.5 Å². The second-order valence-corrected chi connectivity index (χ2v) is 6.32. The van der Waals surface area contributed by atoms with Gasteiger partial charge in [0.05, 0.1) is 23.9 Å². The van der Waals surface area contributed by atoms with Crippen molar-refractivity contribution in [3.05, 3.63) is 65.7 Å². The Morgan fingerprint density at radius 1 is 1.19 bits per heavy atom. The van der Waals surface area contributed by atoms with Crippen molar-refractivity contribution in [1.29, 1.82) is 5.26 Å². The predicted octanol–water partition coefficient (Wildman–Crippen LogP) is 2.45. The van der Waals surface area contributed by atoms with Crippen LogP contribution in [0.25, 0.3) is 6.08 Å². The number of benzene rings is 2. The lowest BCUT2D eigenvalue weighted by Gasteiger charge is -2.34. The number of para-hydroxylation sites is 2. The summed E-state index contributed by atoms with van der Waals surface area (Å²) in [5, 5.41) is 8.85. The lowest BCUT2D eigenvalue weighted by molar-refractivity contribution is -0.136. The first-order valence-corrected chi connectivity index (χ1v) is 8.46. The first-order valence-electron chi connectivity index (χ1n) is 8.46. The van der Waals surface area contributed by atoms with E-state index in [-0.39, 0.29) is 18.4 Å². The van der Waals surface area contributed by atoms with Crippen LogP contribution >= 0.6 is 0 Å². The molecule has 0 radical (unpaired) electrons. The second-order valence-electron chi connectivity index (χ2n) is 6.32. The molecule has 6 nitrogen and oxygen atoms in total. The van der Waals surface area contributed by atoms with Crippen molar-refractivity contribution < 1.29 is 14.3 Å². The molecule has 6 heteroatoms. The zero-order chi connectivity index (χ0) is 19.4. The SMILES string of the molecule is CN(C)C(=O)C1CN(C(=O)C=Cc2ccc(C#N)cc2)c2ccccc2O1. The van der Waals surface area contributed by atoms with Crippen molar-refractivity contribution in [3.63, 3.8) is 0 Å². The minimum Gasteiger partial charge on any atom is -0.476 e. The van der Waals surface area contributed by atoms with Gasteiger partial charge in [0.15, 0.2) is 6.10 Å². The number of nitrogens with zero attached hydrogens (tertiary/aromatic N) is 3. The van der Waals surface area contributed by atoms with Gasteiger partial charge in [0.1, 0.15) is 5.75 Å². The lowest BCUT2D eigenvalue weighted by atomic mass is 10.1. The van der Waals surface area contributed by atoms with Gasteiger partial charge in [0, 0.05) is 20.2 Å². The molecule has 0 aliphatic carbocycles. The minimum absolute atomic E-state index is 0.143. The van der Waals surface area contributed by atoms with Crippen LogP contribution in [0.5, 0.6) is 5.75 Å². The van der Waals surface area contributed by atoms with E-state index in [2.05, 4.69) is 6.07 Å². The molecular weight excluding hydrogens is 342 g/mol. The summed E-state index contributed by atoms with van der Waals surface area (Å²) >= 11 is 0. The Kier molecular flexibility index (Phi) is 5.23. The molecule has 2 aromatic rings. The minimum atomic E-state index is -0.748. The average molecular weight is 361 g/mol. The first kappa shape index (κ1) is 18.2. The second kappa shape index (κ2) is 7.75. The van der Waals surface area contributed by atoms with Gasteiger partial charge in [0.25, 0.3) is 11.8 Å². The number of carbonyl (C=O) groups excluding carboxylic acids is 2. The van der Waals surface area contributed by atoms with E-state index < -0.39 is 6.10 Å². The standard InChI is InChI=1S/C21H19N3O3/c1-23(2)21(26)19-14-24(17-5-3-4-6-18(17)27-19)20(25)12-11-15-7-9-16(13-22)10-8-15/h3-12,19H,14H2,1-2H3. The van der Waals surface area contributed by atoms with Gasteiger partial charge in [0.2, 0.25) is 0 Å². The molecule has 3 rings (SSSR count). The largest absolute Gasteiger partial charge is 0.476 e. The fraction of sp³-hybridized carbons (Fsp3) is 0.190. The molecule has 1 aliphatic heterocycles. The molecule has 0 bridgehead atoms. The maximum Gasteiger partial charge on any atom is 0.265 e. The Bertz CT molecular complexity index is 926. The molecule has 27 heavy (non-hydrogen) atoms. The average Bonchev–Trinajstić information content (AvgIpc) is 2.70. The molecule has 1 unspecified atom stereocenters. The summed E-state index contributed by atoms with van der Waals surface area (Å²) in [4.78, 5) is 28.1. The van der Waals surface area contributed by atoms with Crippen LogP contribution in [-0.4, -0.2) is 43.5 Å². The lowest BCUT2D eigenvalue weighted by Crippen LogP contribution is -2.50. The molecule has 0 saturated heterocycles. The van der Waals surface area contributed by atoms with Crippen LogP contribution in [0.3, 0.4) is 0 Å². The highest BCUT2D eigenvalue weighted by Gasteiger charge is 2.33. The number of amides is 2. The third-order valence-electron chi connectivity index (χ3n) is 4.21. The van der Waals surface area contributed by atoms with Gasteiger partial charge < -0.3 is 14.5 Å². The number of ether oxygens (including phenoxy) is 1. The van der Waals surface area contributed by atoms with Crippen molar-refractivity contribution in [2.45, 2.75) is 6.10 Å². The molecule has 0 fully saturated rings. The summed E-state index contributed by atoms with van der Waals surface area (Å²) in [5.41, 5.74) is 2.00. The Balaban J connectivity index is 1.84. The Hall–Kier alpha value is -3.59. The van der Waals surface area contributed by atoms with Crippen molar-refractivity contribution in [1.82, 2.24) is 4.90 Å². The molecule has 0 N–H and O–H groups in total. The topological polar surface area (TPSA) is 73.6 Å². The highest BCUT2D eigenvalue weighted by Crippen LogP contribution is 2.33. The van der Waals surface area contributed by atoms with E-state index in [0.717, 1.165) is 5.56 Å². The monoisotopic (exact) mass is 361 g/mol. The number of rotatable bonds is 3. The smallest absolute Gasteiger partial charge is 0.265 e. The van der Waals surface area contributed by atoms with E-state index in [0.29, 0.717) is 17.0 Å². The number of likely N-dealkylation sites (N-methyl/N-ethyl adjacent to an activating group) is 1. The molecule has 0 spiro atoms. The van der Waals surface area contributed by atoms with E-state index in [1.165, 1.54) is 11.0 Å². The highest BCUT2D eigenvalue weighted by atomic mass is 16.5. The van der Waals surface area contributed by atoms with Gasteiger partial charge in [-0.3, -0.25) is 9.59 Å². The van der Waals surface area contributed by atoms with Gasteiger partial charge in [-0.05, 0) is 35.9 Å². The number of fused-ring (bicyclic) bond motifs is 1. The summed E-state index contributed by atoms with van der Waals surface area (Å²) in [6, 6.07) is 16.1. The molecule has 0 aromatic heterocycles. The van der Waals surface area contributed by atoms with E-state index in [1.807, 2.05) is 6.07 Å². The number of nitriles is 1. The molecule has 0 saturated carbocycles. The number of anilines is 1. The fourth-order valence-corrected chi connectivity index (χ4v) is 2.79. The summed E-state index contributed by atoms with van der Waals surface area (Å²) in [5.74, 6) is 0.0640. The van der Waals surface area contributed by atoms with Gasteiger partial charge in [-0.25, -0.2) is 0 Å². The van der Waals surface area contributed by atoms with Crippen LogP contribution in [0.4, 0.5) is 5.69 Å². The molecule has 136 valence electrons. The van der Waals surface area contributed by atoms with Gasteiger partial charge in [-0.2, -0.15) is 5.26 Å². The Morgan fingerprint density at radius 3 is 2.56 bits per heavy atom. The van der Waals surface area contributed by atoms with Crippen molar-refractivity contribution in [2.24, 2.45) is 0 Å². The van der Waals surface area contributed by atoms with Crippen molar-refractivity contribution in [3.8, 4) is 11.8 Å². The Labute approximate surface area is 157 Å². The quantitative estimate of drug-likeness (QED) is 0.787. The van der Waals surface area contributed by atoms with E-state index in [4.69, 9.17) is 10.00 Å². The molecule has 1 heterocycles. The molecule has 1 atom stereocenters. The van der Waals surface area contributed by atoms with Crippen LogP contribution in [0.2, 0.25) is 0 Å². The van der Waals surface area contributed by atoms with Gasteiger partial charge in [-0.15, -0.1) is 0 Å². The normalized spacial score (nSPS) is 15.6. The maximum atomic E-state index is 12.8. The zero-order valence-electron chi connectivity index (χ0n) is 15.1. The van der Waals surface area contributed by atoms with Crippen molar-refractivity contribution in [2.75, 3.05) is 25.5 Å². The first-order chi connectivity index (χ1) is 13.0. The number of hydrogen-bond donors (Lipinski definition) is 0. The van der Waals surface area contributed by atoms with Crippen LogP contribution in [-0.2, 0) is 9.59 Å². The third-order valence-corrected chi connectivity index (χ3v) is 4.21. The molecular formula is C21H19N3O3. The van der Waals surface area contributed by atoms with Crippen LogP contribution in [0.1, 0.15) is 11.1 Å². The molecule has 1 aliphatic rings. The summed E-state index contributed by atoms with van der Waals surface area (Å²) in [6.07, 6.45) is 2.40. The third kappa shape index (κ3) is 3.98. The van der Waals surface area contributed by atoms with Gasteiger partial charge in [-0.1, -0.05) is 24.3 Å². The number of carbonyl (C=O) groups is 2. The summed E-state index contributed by atoms with van der Waals surface area (Å²) in [7, 11) is 3.31. The Morgan fingerprint density at radius 2 is 1.89 bits per heavy atom. The summed E-state index contributed by atoms with van der Waals surface area (Å²) in [6.45, 7) is 0.143. The fourth-order valence-electron chi connectivity index (χ4n) is 2.79.